The van der Waals surface area contributed by atoms with Crippen LogP contribution in [0, 0.1) is 0 Å². The fourth-order valence-corrected chi connectivity index (χ4v) is 5.17. The molecule has 37 heavy (non-hydrogen) atoms. The highest BCUT2D eigenvalue weighted by atomic mass is 32.2. The first-order valence-electron chi connectivity index (χ1n) is 11.7. The molecule has 1 N–H and O–H groups in total. The summed E-state index contributed by atoms with van der Waals surface area (Å²) < 4.78 is 24.4. The standard InChI is InChI=1S/C30H25N3O3S/c1-4-37(35,36)30(2,3)24-16-22-12-8-14-31-28(22)26(18-24)20-10-7-11-23(15-20)29(34)33-25-17-21-9-5-6-13-27(21)32-19-25/h4-19H,1H2,2-3H3,(H,33,34). The zero-order chi connectivity index (χ0) is 26.2. The first kappa shape index (κ1) is 24.3. The molecule has 0 aliphatic carbocycles. The lowest BCUT2D eigenvalue weighted by molar-refractivity contribution is 0.102. The first-order valence-corrected chi connectivity index (χ1v) is 13.3. The van der Waals surface area contributed by atoms with Crippen LogP contribution in [0.25, 0.3) is 32.9 Å². The molecule has 1 amide bonds. The van der Waals surface area contributed by atoms with E-state index >= 15 is 0 Å². The molecule has 0 fully saturated rings. The van der Waals surface area contributed by atoms with Gasteiger partial charge in [0.25, 0.3) is 5.91 Å². The third-order valence-electron chi connectivity index (χ3n) is 6.61. The van der Waals surface area contributed by atoms with E-state index in [2.05, 4.69) is 21.9 Å². The van der Waals surface area contributed by atoms with Crippen molar-refractivity contribution in [1.82, 2.24) is 9.97 Å². The van der Waals surface area contributed by atoms with E-state index in [1.807, 2.05) is 60.7 Å². The summed E-state index contributed by atoms with van der Waals surface area (Å²) in [6, 6.07) is 24.2. The third-order valence-corrected chi connectivity index (χ3v) is 8.71. The number of anilines is 1. The van der Waals surface area contributed by atoms with E-state index in [4.69, 9.17) is 0 Å². The summed E-state index contributed by atoms with van der Waals surface area (Å²) in [4.78, 5) is 22.1. The van der Waals surface area contributed by atoms with Crippen LogP contribution in [0.1, 0.15) is 29.8 Å². The molecule has 0 radical (unpaired) electrons. The van der Waals surface area contributed by atoms with E-state index in [-0.39, 0.29) is 5.91 Å². The van der Waals surface area contributed by atoms with Crippen molar-refractivity contribution in [2.45, 2.75) is 18.6 Å². The van der Waals surface area contributed by atoms with Gasteiger partial charge in [-0.3, -0.25) is 14.8 Å². The molecular formula is C30H25N3O3S. The molecule has 184 valence electrons. The average Bonchev–Trinajstić information content (AvgIpc) is 2.92. The maximum absolute atomic E-state index is 13.1. The number of sulfone groups is 1. The van der Waals surface area contributed by atoms with Crippen LogP contribution < -0.4 is 5.32 Å². The minimum absolute atomic E-state index is 0.276. The second kappa shape index (κ2) is 9.26. The normalized spacial score (nSPS) is 11.9. The van der Waals surface area contributed by atoms with Gasteiger partial charge < -0.3 is 5.32 Å². The Morgan fingerprint density at radius 2 is 1.70 bits per heavy atom. The van der Waals surface area contributed by atoms with Gasteiger partial charge in [-0.1, -0.05) is 43.0 Å². The number of nitrogens with one attached hydrogen (secondary N) is 1. The Morgan fingerprint density at radius 3 is 2.51 bits per heavy atom. The lowest BCUT2D eigenvalue weighted by atomic mass is 9.93. The number of nitrogens with zero attached hydrogens (tertiary/aromatic N) is 2. The zero-order valence-electron chi connectivity index (χ0n) is 20.5. The molecule has 0 aliphatic heterocycles. The highest BCUT2D eigenvalue weighted by Gasteiger charge is 2.34. The van der Waals surface area contributed by atoms with Crippen molar-refractivity contribution in [2.75, 3.05) is 5.32 Å². The predicted octanol–water partition coefficient (Wildman–Crippen LogP) is 6.50. The molecule has 0 unspecified atom stereocenters. The van der Waals surface area contributed by atoms with E-state index in [0.717, 1.165) is 32.8 Å². The van der Waals surface area contributed by atoms with Gasteiger partial charge in [-0.2, -0.15) is 0 Å². The Labute approximate surface area is 215 Å². The molecule has 7 heteroatoms. The van der Waals surface area contributed by atoms with E-state index in [1.165, 1.54) is 0 Å². The number of hydrogen-bond donors (Lipinski definition) is 1. The lowest BCUT2D eigenvalue weighted by Crippen LogP contribution is -2.27. The topological polar surface area (TPSA) is 89.0 Å². The highest BCUT2D eigenvalue weighted by molar-refractivity contribution is 7.95. The Balaban J connectivity index is 1.56. The fourth-order valence-electron chi connectivity index (χ4n) is 4.30. The van der Waals surface area contributed by atoms with Crippen LogP contribution >= 0.6 is 0 Å². The number of carbonyl (C=O) groups is 1. The number of benzene rings is 3. The van der Waals surface area contributed by atoms with Gasteiger partial charge in [0.15, 0.2) is 9.84 Å². The van der Waals surface area contributed by atoms with Gasteiger partial charge in [-0.15, -0.1) is 0 Å². The summed E-state index contributed by atoms with van der Waals surface area (Å²) in [7, 11) is -3.62. The summed E-state index contributed by atoms with van der Waals surface area (Å²) in [5, 5.41) is 5.65. The largest absolute Gasteiger partial charge is 0.321 e. The van der Waals surface area contributed by atoms with Crippen LogP contribution in [0.2, 0.25) is 0 Å². The van der Waals surface area contributed by atoms with Crippen LogP contribution in [0.4, 0.5) is 5.69 Å². The van der Waals surface area contributed by atoms with Crippen molar-refractivity contribution in [2.24, 2.45) is 0 Å². The van der Waals surface area contributed by atoms with Crippen molar-refractivity contribution in [1.29, 1.82) is 0 Å². The predicted molar refractivity (Wildman–Crippen MR) is 149 cm³/mol. The Kier molecular flexibility index (Phi) is 6.09. The molecule has 6 nitrogen and oxygen atoms in total. The quantitative estimate of drug-likeness (QED) is 0.284. The summed E-state index contributed by atoms with van der Waals surface area (Å²) in [5.74, 6) is -0.276. The molecule has 0 aliphatic rings. The van der Waals surface area contributed by atoms with E-state index in [1.54, 1.807) is 44.4 Å². The molecule has 0 saturated carbocycles. The second-order valence-electron chi connectivity index (χ2n) is 9.27. The minimum atomic E-state index is -3.62. The van der Waals surface area contributed by atoms with E-state index in [9.17, 15) is 13.2 Å². The van der Waals surface area contributed by atoms with Crippen molar-refractivity contribution in [3.05, 3.63) is 114 Å². The molecule has 3 aromatic carbocycles. The van der Waals surface area contributed by atoms with Crippen molar-refractivity contribution in [3.63, 3.8) is 0 Å². The summed E-state index contributed by atoms with van der Waals surface area (Å²) >= 11 is 0. The molecular weight excluding hydrogens is 482 g/mol. The number of rotatable bonds is 6. The third kappa shape index (κ3) is 4.49. The minimum Gasteiger partial charge on any atom is -0.321 e. The molecule has 5 rings (SSSR count). The van der Waals surface area contributed by atoms with Crippen molar-refractivity contribution >= 4 is 43.2 Å². The van der Waals surface area contributed by atoms with Crippen LogP contribution in [-0.4, -0.2) is 24.3 Å². The van der Waals surface area contributed by atoms with E-state index < -0.39 is 14.6 Å². The van der Waals surface area contributed by atoms with Crippen LogP contribution in [0.5, 0.6) is 0 Å². The van der Waals surface area contributed by atoms with Gasteiger partial charge in [-0.05, 0) is 67.4 Å². The average molecular weight is 508 g/mol. The lowest BCUT2D eigenvalue weighted by Gasteiger charge is -2.25. The maximum Gasteiger partial charge on any atom is 0.255 e. The summed E-state index contributed by atoms with van der Waals surface area (Å²) in [6.45, 7) is 6.82. The van der Waals surface area contributed by atoms with Crippen molar-refractivity contribution in [3.8, 4) is 11.1 Å². The number of amides is 1. The number of carbonyl (C=O) groups excluding carboxylic acids is 1. The number of para-hydroxylation sites is 1. The van der Waals surface area contributed by atoms with Crippen LogP contribution in [0.15, 0.2) is 103 Å². The molecule has 0 bridgehead atoms. The molecule has 0 atom stereocenters. The number of hydrogen-bond acceptors (Lipinski definition) is 5. The SMILES string of the molecule is C=CS(=O)(=O)C(C)(C)c1cc(-c2cccc(C(=O)Nc3cnc4ccccc4c3)c2)c2ncccc2c1. The highest BCUT2D eigenvalue weighted by Crippen LogP contribution is 2.37. The summed E-state index contributed by atoms with van der Waals surface area (Å²) in [5.41, 5.74) is 4.72. The van der Waals surface area contributed by atoms with Gasteiger partial charge in [0.2, 0.25) is 0 Å². The number of fused-ring (bicyclic) bond motifs is 2. The van der Waals surface area contributed by atoms with Gasteiger partial charge in [-0.25, -0.2) is 8.42 Å². The molecule has 0 spiro atoms. The van der Waals surface area contributed by atoms with Gasteiger partial charge in [0.1, 0.15) is 0 Å². The number of aromatic nitrogens is 2. The second-order valence-corrected chi connectivity index (χ2v) is 11.7. The molecule has 2 aromatic heterocycles. The molecule has 5 aromatic rings. The van der Waals surface area contributed by atoms with Crippen LogP contribution in [0.3, 0.4) is 0 Å². The Bertz CT molecular complexity index is 1790. The first-order chi connectivity index (χ1) is 17.7. The van der Waals surface area contributed by atoms with Gasteiger partial charge in [0.05, 0.1) is 27.7 Å². The smallest absolute Gasteiger partial charge is 0.255 e. The Morgan fingerprint density at radius 1 is 0.919 bits per heavy atom. The van der Waals surface area contributed by atoms with E-state index in [0.29, 0.717) is 22.3 Å². The van der Waals surface area contributed by atoms with Crippen LogP contribution in [-0.2, 0) is 14.6 Å². The zero-order valence-corrected chi connectivity index (χ0v) is 21.3. The number of pyridine rings is 2. The monoisotopic (exact) mass is 507 g/mol. The molecule has 2 heterocycles. The Hall–Kier alpha value is -4.36. The van der Waals surface area contributed by atoms with Gasteiger partial charge in [0, 0.05) is 33.5 Å². The van der Waals surface area contributed by atoms with Crippen molar-refractivity contribution < 1.29 is 13.2 Å². The fraction of sp³-hybridized carbons (Fsp3) is 0.100. The van der Waals surface area contributed by atoms with Gasteiger partial charge >= 0.3 is 0 Å². The summed E-state index contributed by atoms with van der Waals surface area (Å²) in [6.07, 6.45) is 3.33. The maximum atomic E-state index is 13.1. The molecule has 0 saturated heterocycles.